The van der Waals surface area contributed by atoms with Crippen molar-refractivity contribution < 1.29 is 4.79 Å². The zero-order valence-corrected chi connectivity index (χ0v) is 14.7. The van der Waals surface area contributed by atoms with E-state index in [9.17, 15) is 4.79 Å². The monoisotopic (exact) mass is 349 g/mol. The Labute approximate surface area is 148 Å². The number of halogens is 1. The molecule has 0 aliphatic carbocycles. The number of benzene rings is 1. The lowest BCUT2D eigenvalue weighted by molar-refractivity contribution is -0.132. The maximum absolute atomic E-state index is 12.3. The second kappa shape index (κ2) is 8.82. The molecular formula is C17H24ClN5O. The van der Waals surface area contributed by atoms with Crippen molar-refractivity contribution in [3.63, 3.8) is 0 Å². The third-order valence-electron chi connectivity index (χ3n) is 4.04. The fourth-order valence-corrected chi connectivity index (χ4v) is 2.82. The Bertz CT molecular complexity index is 639. The number of carbonyl (C=O) groups excluding carboxylic acids is 1. The number of hydrogen-bond acceptors (Lipinski definition) is 4. The minimum absolute atomic E-state index is 0. The number of likely N-dealkylation sites (N-methyl/N-ethyl adjacent to an activating group) is 1. The number of piperazine rings is 1. The van der Waals surface area contributed by atoms with E-state index in [4.69, 9.17) is 0 Å². The van der Waals surface area contributed by atoms with Crippen LogP contribution in [-0.4, -0.2) is 65.0 Å². The fraction of sp³-hybridized carbons (Fsp3) is 0.412. The van der Waals surface area contributed by atoms with Crippen LogP contribution < -0.4 is 5.32 Å². The van der Waals surface area contributed by atoms with Gasteiger partial charge in [-0.25, -0.2) is 4.98 Å². The highest BCUT2D eigenvalue weighted by atomic mass is 35.5. The van der Waals surface area contributed by atoms with Crippen molar-refractivity contribution in [2.24, 2.45) is 0 Å². The molecule has 6 nitrogen and oxygen atoms in total. The number of hydrogen-bond donors (Lipinski definition) is 1. The molecule has 1 aromatic heterocycles. The number of amides is 1. The SMILES string of the molecule is CN(CC(=O)N1CCNCC1)Cc1nccn1-c1ccccc1.Cl. The second-order valence-corrected chi connectivity index (χ2v) is 5.85. The molecule has 0 radical (unpaired) electrons. The van der Waals surface area contributed by atoms with Gasteiger partial charge in [0.15, 0.2) is 0 Å². The summed E-state index contributed by atoms with van der Waals surface area (Å²) in [6.45, 7) is 4.42. The van der Waals surface area contributed by atoms with E-state index in [1.807, 2.05) is 41.2 Å². The zero-order chi connectivity index (χ0) is 16.1. The first-order chi connectivity index (χ1) is 11.2. The Morgan fingerprint density at radius 3 is 2.67 bits per heavy atom. The highest BCUT2D eigenvalue weighted by molar-refractivity contribution is 5.85. The van der Waals surface area contributed by atoms with Crippen molar-refractivity contribution in [1.82, 2.24) is 24.7 Å². The minimum atomic E-state index is 0. The van der Waals surface area contributed by atoms with E-state index < -0.39 is 0 Å². The quantitative estimate of drug-likeness (QED) is 0.880. The molecule has 1 aliphatic heterocycles. The fourth-order valence-electron chi connectivity index (χ4n) is 2.82. The number of rotatable bonds is 5. The predicted octanol–water partition coefficient (Wildman–Crippen LogP) is 1.16. The Balaban J connectivity index is 0.00000208. The van der Waals surface area contributed by atoms with Crippen LogP contribution in [0.25, 0.3) is 5.69 Å². The molecule has 1 aromatic carbocycles. The molecule has 1 N–H and O–H groups in total. The van der Waals surface area contributed by atoms with Crippen molar-refractivity contribution in [2.75, 3.05) is 39.8 Å². The van der Waals surface area contributed by atoms with E-state index in [1.54, 1.807) is 6.20 Å². The maximum Gasteiger partial charge on any atom is 0.236 e. The standard InChI is InChI=1S/C17H23N5O.ClH/c1-20(14-17(23)21-10-7-18-8-11-21)13-16-19-9-12-22(16)15-5-3-2-4-6-15;/h2-6,9,12,18H,7-8,10-11,13-14H2,1H3;1H. The van der Waals surface area contributed by atoms with Gasteiger partial charge in [-0.05, 0) is 19.2 Å². The third-order valence-corrected chi connectivity index (χ3v) is 4.04. The largest absolute Gasteiger partial charge is 0.339 e. The normalized spacial score (nSPS) is 14.5. The van der Waals surface area contributed by atoms with Gasteiger partial charge >= 0.3 is 0 Å². The molecule has 1 saturated heterocycles. The van der Waals surface area contributed by atoms with Crippen molar-refractivity contribution in [2.45, 2.75) is 6.54 Å². The van der Waals surface area contributed by atoms with Gasteiger partial charge in [0.2, 0.25) is 5.91 Å². The first-order valence-electron chi connectivity index (χ1n) is 7.99. The van der Waals surface area contributed by atoms with Gasteiger partial charge < -0.3 is 14.8 Å². The molecule has 3 rings (SSSR count). The van der Waals surface area contributed by atoms with E-state index in [0.29, 0.717) is 13.1 Å². The molecule has 0 bridgehead atoms. The first-order valence-corrected chi connectivity index (χ1v) is 7.99. The zero-order valence-electron chi connectivity index (χ0n) is 13.9. The summed E-state index contributed by atoms with van der Waals surface area (Å²) in [7, 11) is 1.96. The summed E-state index contributed by atoms with van der Waals surface area (Å²) in [5.41, 5.74) is 1.09. The topological polar surface area (TPSA) is 53.4 Å². The number of carbonyl (C=O) groups is 1. The van der Waals surface area contributed by atoms with Gasteiger partial charge in [0.1, 0.15) is 5.82 Å². The lowest BCUT2D eigenvalue weighted by Gasteiger charge is -2.29. The first kappa shape index (κ1) is 18.4. The highest BCUT2D eigenvalue weighted by Gasteiger charge is 2.18. The van der Waals surface area contributed by atoms with Crippen molar-refractivity contribution >= 4 is 18.3 Å². The number of nitrogens with zero attached hydrogens (tertiary/aromatic N) is 4. The summed E-state index contributed by atoms with van der Waals surface area (Å²) >= 11 is 0. The Kier molecular flexibility index (Phi) is 6.78. The van der Waals surface area contributed by atoms with Crippen LogP contribution in [0.1, 0.15) is 5.82 Å². The van der Waals surface area contributed by atoms with Gasteiger partial charge in [-0.15, -0.1) is 12.4 Å². The van der Waals surface area contributed by atoms with Crippen LogP contribution >= 0.6 is 12.4 Å². The van der Waals surface area contributed by atoms with Gasteiger partial charge in [-0.2, -0.15) is 0 Å². The molecule has 0 saturated carbocycles. The smallest absolute Gasteiger partial charge is 0.236 e. The lowest BCUT2D eigenvalue weighted by Crippen LogP contribution is -2.49. The summed E-state index contributed by atoms with van der Waals surface area (Å²) in [5.74, 6) is 1.12. The average molecular weight is 350 g/mol. The van der Waals surface area contributed by atoms with Crippen molar-refractivity contribution in [1.29, 1.82) is 0 Å². The van der Waals surface area contributed by atoms with Crippen LogP contribution in [0.3, 0.4) is 0 Å². The minimum Gasteiger partial charge on any atom is -0.339 e. The van der Waals surface area contributed by atoms with Crippen molar-refractivity contribution in [3.05, 3.63) is 48.5 Å². The molecule has 0 spiro atoms. The van der Waals surface area contributed by atoms with E-state index in [0.717, 1.165) is 37.7 Å². The summed E-state index contributed by atoms with van der Waals surface area (Å²) < 4.78 is 2.06. The van der Waals surface area contributed by atoms with Gasteiger partial charge in [0, 0.05) is 44.3 Å². The van der Waals surface area contributed by atoms with Crippen LogP contribution in [0.4, 0.5) is 0 Å². The predicted molar refractivity (Wildman–Crippen MR) is 96.6 cm³/mol. The summed E-state index contributed by atoms with van der Waals surface area (Å²) in [4.78, 5) is 20.7. The number of aromatic nitrogens is 2. The molecule has 0 atom stereocenters. The van der Waals surface area contributed by atoms with Crippen LogP contribution in [0.5, 0.6) is 0 Å². The number of nitrogens with one attached hydrogen (secondary N) is 1. The summed E-state index contributed by atoms with van der Waals surface area (Å²) in [6.07, 6.45) is 3.75. The van der Waals surface area contributed by atoms with Crippen molar-refractivity contribution in [3.8, 4) is 5.69 Å². The van der Waals surface area contributed by atoms with Gasteiger partial charge in [0.05, 0.1) is 13.1 Å². The van der Waals surface area contributed by atoms with Gasteiger partial charge in [-0.1, -0.05) is 18.2 Å². The molecule has 2 aromatic rings. The van der Waals surface area contributed by atoms with Crippen LogP contribution in [0, 0.1) is 0 Å². The van der Waals surface area contributed by atoms with E-state index in [-0.39, 0.29) is 18.3 Å². The van der Waals surface area contributed by atoms with E-state index in [2.05, 4.69) is 27.0 Å². The maximum atomic E-state index is 12.3. The van der Waals surface area contributed by atoms with E-state index >= 15 is 0 Å². The third kappa shape index (κ3) is 4.56. The van der Waals surface area contributed by atoms with Crippen LogP contribution in [0.2, 0.25) is 0 Å². The molecule has 1 fully saturated rings. The molecule has 0 unspecified atom stereocenters. The van der Waals surface area contributed by atoms with Gasteiger partial charge in [-0.3, -0.25) is 9.69 Å². The highest BCUT2D eigenvalue weighted by Crippen LogP contribution is 2.11. The van der Waals surface area contributed by atoms with E-state index in [1.165, 1.54) is 0 Å². The average Bonchev–Trinajstić information content (AvgIpc) is 3.04. The molecular weight excluding hydrogens is 326 g/mol. The van der Waals surface area contributed by atoms with Gasteiger partial charge in [0.25, 0.3) is 0 Å². The molecule has 7 heteroatoms. The molecule has 2 heterocycles. The Morgan fingerprint density at radius 2 is 1.96 bits per heavy atom. The summed E-state index contributed by atoms with van der Waals surface area (Å²) in [5, 5.41) is 3.26. The molecule has 1 amide bonds. The molecule has 24 heavy (non-hydrogen) atoms. The second-order valence-electron chi connectivity index (χ2n) is 5.85. The number of imidazole rings is 1. The Hall–Kier alpha value is -1.89. The Morgan fingerprint density at radius 1 is 1.25 bits per heavy atom. The lowest BCUT2D eigenvalue weighted by atomic mass is 10.3. The molecule has 130 valence electrons. The van der Waals surface area contributed by atoms with Crippen LogP contribution in [0.15, 0.2) is 42.7 Å². The summed E-state index contributed by atoms with van der Waals surface area (Å²) in [6, 6.07) is 10.1. The van der Waals surface area contributed by atoms with Crippen LogP contribution in [-0.2, 0) is 11.3 Å². The molecule has 1 aliphatic rings. The number of para-hydroxylation sites is 1.